The molecule has 20 heavy (non-hydrogen) atoms. The molecule has 0 bridgehead atoms. The van der Waals surface area contributed by atoms with Crippen LogP contribution in [-0.2, 0) is 9.53 Å². The Morgan fingerprint density at radius 1 is 1.00 bits per heavy atom. The Balaban J connectivity index is 3.11. The standard InChI is InChI=1S/C16H32BrNO2/c1-3-4-5-6-7-8-9-10-11-12-13-18-14-15(17)16(19)20-2/h15,18H,3-14H2,1-2H3. The van der Waals surface area contributed by atoms with Gasteiger partial charge in [0.2, 0.25) is 0 Å². The van der Waals surface area contributed by atoms with E-state index in [1.54, 1.807) is 0 Å². The third-order valence-corrected chi connectivity index (χ3v) is 4.19. The van der Waals surface area contributed by atoms with Gasteiger partial charge < -0.3 is 10.1 Å². The Morgan fingerprint density at radius 3 is 2.00 bits per heavy atom. The first-order valence-electron chi connectivity index (χ1n) is 8.15. The average molecular weight is 350 g/mol. The fourth-order valence-corrected chi connectivity index (χ4v) is 2.59. The van der Waals surface area contributed by atoms with E-state index in [-0.39, 0.29) is 10.8 Å². The van der Waals surface area contributed by atoms with Gasteiger partial charge in [0.1, 0.15) is 4.83 Å². The molecular weight excluding hydrogens is 318 g/mol. The Kier molecular flexibility index (Phi) is 15.2. The number of ether oxygens (including phenoxy) is 1. The van der Waals surface area contributed by atoms with Crippen LogP contribution in [0.4, 0.5) is 0 Å². The third kappa shape index (κ3) is 12.9. The molecule has 0 aromatic rings. The van der Waals surface area contributed by atoms with Gasteiger partial charge in [-0.25, -0.2) is 0 Å². The minimum atomic E-state index is -0.226. The monoisotopic (exact) mass is 349 g/mol. The van der Waals surface area contributed by atoms with E-state index in [4.69, 9.17) is 0 Å². The van der Waals surface area contributed by atoms with Gasteiger partial charge in [0.05, 0.1) is 7.11 Å². The topological polar surface area (TPSA) is 38.3 Å². The second kappa shape index (κ2) is 15.3. The Bertz CT molecular complexity index is 225. The molecule has 0 aromatic heterocycles. The molecule has 0 amide bonds. The number of nitrogens with one attached hydrogen (secondary N) is 1. The SMILES string of the molecule is CCCCCCCCCCCCNCC(Br)C(=O)OC. The maximum atomic E-state index is 11.1. The number of hydrogen-bond donors (Lipinski definition) is 1. The van der Waals surface area contributed by atoms with Gasteiger partial charge in [0.25, 0.3) is 0 Å². The largest absolute Gasteiger partial charge is 0.468 e. The van der Waals surface area contributed by atoms with Crippen LogP contribution in [0.5, 0.6) is 0 Å². The zero-order chi connectivity index (χ0) is 15.1. The molecule has 4 heteroatoms. The molecule has 0 aliphatic carbocycles. The molecule has 0 heterocycles. The Labute approximate surface area is 133 Å². The summed E-state index contributed by atoms with van der Waals surface area (Å²) in [5.41, 5.74) is 0. The number of alkyl halides is 1. The second-order valence-electron chi connectivity index (χ2n) is 5.38. The number of rotatable bonds is 14. The minimum Gasteiger partial charge on any atom is -0.468 e. The minimum absolute atomic E-state index is 0.208. The lowest BCUT2D eigenvalue weighted by molar-refractivity contribution is -0.139. The van der Waals surface area contributed by atoms with Gasteiger partial charge >= 0.3 is 5.97 Å². The summed E-state index contributed by atoms with van der Waals surface area (Å²) < 4.78 is 4.64. The van der Waals surface area contributed by atoms with Crippen molar-refractivity contribution in [2.45, 2.75) is 76.0 Å². The molecule has 0 rings (SSSR count). The number of esters is 1. The summed E-state index contributed by atoms with van der Waals surface area (Å²) in [6.45, 7) is 3.89. The van der Waals surface area contributed by atoms with Crippen LogP contribution in [0.3, 0.4) is 0 Å². The molecule has 0 saturated carbocycles. The quantitative estimate of drug-likeness (QED) is 0.286. The van der Waals surface area contributed by atoms with Crippen molar-refractivity contribution < 1.29 is 9.53 Å². The van der Waals surface area contributed by atoms with Crippen molar-refractivity contribution in [3.05, 3.63) is 0 Å². The van der Waals surface area contributed by atoms with E-state index in [2.05, 4.69) is 32.9 Å². The summed E-state index contributed by atoms with van der Waals surface area (Å²) >= 11 is 3.30. The lowest BCUT2D eigenvalue weighted by Crippen LogP contribution is -2.30. The second-order valence-corrected chi connectivity index (χ2v) is 6.48. The summed E-state index contributed by atoms with van der Waals surface area (Å²) in [6.07, 6.45) is 13.5. The molecule has 0 saturated heterocycles. The van der Waals surface area contributed by atoms with Crippen molar-refractivity contribution >= 4 is 21.9 Å². The van der Waals surface area contributed by atoms with E-state index in [0.717, 1.165) is 6.54 Å². The lowest BCUT2D eigenvalue weighted by Gasteiger charge is -2.08. The van der Waals surface area contributed by atoms with E-state index in [1.807, 2.05) is 0 Å². The van der Waals surface area contributed by atoms with Gasteiger partial charge in [-0.2, -0.15) is 0 Å². The zero-order valence-electron chi connectivity index (χ0n) is 13.3. The maximum absolute atomic E-state index is 11.1. The van der Waals surface area contributed by atoms with Crippen molar-refractivity contribution in [3.63, 3.8) is 0 Å². The van der Waals surface area contributed by atoms with Crippen LogP contribution in [0.25, 0.3) is 0 Å². The summed E-state index contributed by atoms with van der Waals surface area (Å²) in [4.78, 5) is 10.9. The zero-order valence-corrected chi connectivity index (χ0v) is 14.8. The van der Waals surface area contributed by atoms with E-state index in [1.165, 1.54) is 71.3 Å². The Hall–Kier alpha value is -0.0900. The highest BCUT2D eigenvalue weighted by atomic mass is 79.9. The molecule has 0 aromatic carbocycles. The molecule has 3 nitrogen and oxygen atoms in total. The number of unbranched alkanes of at least 4 members (excludes halogenated alkanes) is 9. The molecule has 0 aliphatic heterocycles. The number of halogens is 1. The van der Waals surface area contributed by atoms with Crippen LogP contribution in [-0.4, -0.2) is 31.0 Å². The number of carbonyl (C=O) groups is 1. The normalized spacial score (nSPS) is 12.3. The molecular formula is C16H32BrNO2. The number of hydrogen-bond acceptors (Lipinski definition) is 3. The highest BCUT2D eigenvalue weighted by molar-refractivity contribution is 9.10. The van der Waals surface area contributed by atoms with Gasteiger partial charge in [0.15, 0.2) is 0 Å². The third-order valence-electron chi connectivity index (χ3n) is 3.49. The highest BCUT2D eigenvalue weighted by Crippen LogP contribution is 2.10. The van der Waals surface area contributed by atoms with Gasteiger partial charge in [-0.05, 0) is 13.0 Å². The average Bonchev–Trinajstić information content (AvgIpc) is 2.47. The molecule has 120 valence electrons. The Morgan fingerprint density at radius 2 is 1.50 bits per heavy atom. The van der Waals surface area contributed by atoms with Gasteiger partial charge in [-0.3, -0.25) is 4.79 Å². The van der Waals surface area contributed by atoms with Crippen LogP contribution in [0, 0.1) is 0 Å². The maximum Gasteiger partial charge on any atom is 0.320 e. The lowest BCUT2D eigenvalue weighted by atomic mass is 10.1. The van der Waals surface area contributed by atoms with Crippen LogP contribution >= 0.6 is 15.9 Å². The summed E-state index contributed by atoms with van der Waals surface area (Å²) in [5, 5.41) is 3.28. The van der Waals surface area contributed by atoms with Gasteiger partial charge in [0, 0.05) is 6.54 Å². The first kappa shape index (κ1) is 19.9. The van der Waals surface area contributed by atoms with Crippen molar-refractivity contribution in [1.82, 2.24) is 5.32 Å². The predicted octanol–water partition coefficient (Wildman–Crippen LogP) is 4.43. The van der Waals surface area contributed by atoms with Crippen LogP contribution in [0.15, 0.2) is 0 Å². The van der Waals surface area contributed by atoms with Crippen LogP contribution < -0.4 is 5.32 Å². The first-order valence-corrected chi connectivity index (χ1v) is 9.06. The predicted molar refractivity (Wildman–Crippen MR) is 89.4 cm³/mol. The van der Waals surface area contributed by atoms with Crippen molar-refractivity contribution in [2.75, 3.05) is 20.2 Å². The van der Waals surface area contributed by atoms with Crippen molar-refractivity contribution in [2.24, 2.45) is 0 Å². The molecule has 0 spiro atoms. The van der Waals surface area contributed by atoms with E-state index >= 15 is 0 Å². The smallest absolute Gasteiger partial charge is 0.320 e. The molecule has 1 atom stereocenters. The van der Waals surface area contributed by atoms with Crippen molar-refractivity contribution in [1.29, 1.82) is 0 Å². The first-order chi connectivity index (χ1) is 9.72. The summed E-state index contributed by atoms with van der Waals surface area (Å²) in [6, 6.07) is 0. The summed E-state index contributed by atoms with van der Waals surface area (Å²) in [7, 11) is 1.42. The molecule has 0 aliphatic rings. The number of carbonyl (C=O) groups excluding carboxylic acids is 1. The van der Waals surface area contributed by atoms with E-state index in [9.17, 15) is 4.79 Å². The van der Waals surface area contributed by atoms with E-state index in [0.29, 0.717) is 6.54 Å². The summed E-state index contributed by atoms with van der Waals surface area (Å²) in [5.74, 6) is -0.208. The van der Waals surface area contributed by atoms with Crippen LogP contribution in [0.2, 0.25) is 0 Å². The highest BCUT2D eigenvalue weighted by Gasteiger charge is 2.13. The van der Waals surface area contributed by atoms with E-state index < -0.39 is 0 Å². The fourth-order valence-electron chi connectivity index (χ4n) is 2.18. The van der Waals surface area contributed by atoms with Gasteiger partial charge in [-0.15, -0.1) is 0 Å². The molecule has 0 radical (unpaired) electrons. The van der Waals surface area contributed by atoms with Gasteiger partial charge in [-0.1, -0.05) is 80.6 Å². The molecule has 0 fully saturated rings. The van der Waals surface area contributed by atoms with Crippen molar-refractivity contribution in [3.8, 4) is 0 Å². The molecule has 1 N–H and O–H groups in total. The van der Waals surface area contributed by atoms with Crippen LogP contribution in [0.1, 0.15) is 71.1 Å². The molecule has 1 unspecified atom stereocenters. The number of methoxy groups -OCH3 is 1. The fraction of sp³-hybridized carbons (Fsp3) is 0.938.